The minimum Gasteiger partial charge on any atom is -0.354 e. The Bertz CT molecular complexity index is 1110. The molecule has 1 atom stereocenters. The standard InChI is InChI=1S/C32H39N3O2/c36-31(29-20-9-8-19-28(29)27-17-6-2-7-18-27)34-30(21-13-25-35-23-10-3-11-24-35)32(37)33-22-12-16-26-14-4-1-5-15-26/h1-2,4-9,14-15,17-20,30H,3,10-13,16,21-25H2,(H,33,37)(H,34,36)/t30-/m0/s1. The van der Waals surface area contributed by atoms with E-state index in [0.29, 0.717) is 18.5 Å². The highest BCUT2D eigenvalue weighted by molar-refractivity contribution is 6.02. The summed E-state index contributed by atoms with van der Waals surface area (Å²) in [5.74, 6) is -0.306. The molecule has 1 saturated heterocycles. The van der Waals surface area contributed by atoms with Crippen molar-refractivity contribution in [3.63, 3.8) is 0 Å². The van der Waals surface area contributed by atoms with Crippen LogP contribution in [0, 0.1) is 0 Å². The lowest BCUT2D eigenvalue weighted by atomic mass is 9.98. The van der Waals surface area contributed by atoms with E-state index in [-0.39, 0.29) is 11.8 Å². The highest BCUT2D eigenvalue weighted by atomic mass is 16.2. The highest BCUT2D eigenvalue weighted by Crippen LogP contribution is 2.23. The Hall–Kier alpha value is -3.44. The maximum Gasteiger partial charge on any atom is 0.252 e. The quantitative estimate of drug-likeness (QED) is 0.326. The number of amides is 2. The van der Waals surface area contributed by atoms with Gasteiger partial charge in [-0.15, -0.1) is 0 Å². The molecule has 1 fully saturated rings. The van der Waals surface area contributed by atoms with E-state index in [4.69, 9.17) is 0 Å². The lowest BCUT2D eigenvalue weighted by Crippen LogP contribution is -2.47. The molecule has 1 aliphatic rings. The fourth-order valence-electron chi connectivity index (χ4n) is 5.03. The van der Waals surface area contributed by atoms with Gasteiger partial charge in [0.05, 0.1) is 0 Å². The van der Waals surface area contributed by atoms with Crippen LogP contribution in [0.3, 0.4) is 0 Å². The molecule has 5 heteroatoms. The minimum absolute atomic E-state index is 0.0998. The molecular weight excluding hydrogens is 458 g/mol. The number of nitrogens with zero attached hydrogens (tertiary/aromatic N) is 1. The summed E-state index contributed by atoms with van der Waals surface area (Å²) in [5, 5.41) is 6.15. The lowest BCUT2D eigenvalue weighted by Gasteiger charge is -2.27. The maximum absolute atomic E-state index is 13.4. The van der Waals surface area contributed by atoms with Crippen molar-refractivity contribution < 1.29 is 9.59 Å². The van der Waals surface area contributed by atoms with Gasteiger partial charge in [-0.2, -0.15) is 0 Å². The summed E-state index contributed by atoms with van der Waals surface area (Å²) >= 11 is 0. The Morgan fingerprint density at radius 1 is 0.784 bits per heavy atom. The van der Waals surface area contributed by atoms with Crippen LogP contribution in [0.1, 0.15) is 54.4 Å². The molecule has 5 nitrogen and oxygen atoms in total. The Balaban J connectivity index is 1.38. The number of benzene rings is 3. The predicted molar refractivity (Wildman–Crippen MR) is 150 cm³/mol. The van der Waals surface area contributed by atoms with E-state index in [0.717, 1.165) is 50.0 Å². The number of hydrogen-bond donors (Lipinski definition) is 2. The van der Waals surface area contributed by atoms with Gasteiger partial charge >= 0.3 is 0 Å². The van der Waals surface area contributed by atoms with Crippen molar-refractivity contribution in [1.82, 2.24) is 15.5 Å². The van der Waals surface area contributed by atoms with Crippen molar-refractivity contribution in [3.05, 3.63) is 96.1 Å². The second-order valence-corrected chi connectivity index (χ2v) is 9.86. The van der Waals surface area contributed by atoms with Gasteiger partial charge in [0.2, 0.25) is 5.91 Å². The number of aryl methyl sites for hydroxylation is 1. The number of hydrogen-bond acceptors (Lipinski definition) is 3. The monoisotopic (exact) mass is 497 g/mol. The van der Waals surface area contributed by atoms with Gasteiger partial charge in [-0.1, -0.05) is 85.3 Å². The van der Waals surface area contributed by atoms with Crippen molar-refractivity contribution in [2.75, 3.05) is 26.2 Å². The predicted octanol–water partition coefficient (Wildman–Crippen LogP) is 5.47. The van der Waals surface area contributed by atoms with Gasteiger partial charge in [-0.3, -0.25) is 9.59 Å². The van der Waals surface area contributed by atoms with Crippen LogP contribution in [-0.4, -0.2) is 48.9 Å². The molecule has 2 N–H and O–H groups in total. The Kier molecular flexibility index (Phi) is 10.3. The van der Waals surface area contributed by atoms with E-state index in [2.05, 4.69) is 27.7 Å². The largest absolute Gasteiger partial charge is 0.354 e. The van der Waals surface area contributed by atoms with Gasteiger partial charge < -0.3 is 15.5 Å². The van der Waals surface area contributed by atoms with Gasteiger partial charge in [0.15, 0.2) is 0 Å². The van der Waals surface area contributed by atoms with Crippen LogP contribution in [-0.2, 0) is 11.2 Å². The van der Waals surface area contributed by atoms with Crippen LogP contribution >= 0.6 is 0 Å². The molecule has 0 saturated carbocycles. The molecule has 0 aromatic heterocycles. The third kappa shape index (κ3) is 8.29. The number of carbonyl (C=O) groups excluding carboxylic acids is 2. The Morgan fingerprint density at radius 3 is 2.22 bits per heavy atom. The van der Waals surface area contributed by atoms with Crippen LogP contribution in [0.25, 0.3) is 11.1 Å². The van der Waals surface area contributed by atoms with Crippen LogP contribution in [0.15, 0.2) is 84.9 Å². The number of carbonyl (C=O) groups is 2. The summed E-state index contributed by atoms with van der Waals surface area (Å²) in [7, 11) is 0. The lowest BCUT2D eigenvalue weighted by molar-refractivity contribution is -0.123. The van der Waals surface area contributed by atoms with Crippen molar-refractivity contribution in [3.8, 4) is 11.1 Å². The smallest absolute Gasteiger partial charge is 0.252 e. The zero-order chi connectivity index (χ0) is 25.7. The fourth-order valence-corrected chi connectivity index (χ4v) is 5.03. The fraction of sp³-hybridized carbons (Fsp3) is 0.375. The van der Waals surface area contributed by atoms with Gasteiger partial charge in [0.25, 0.3) is 5.91 Å². The van der Waals surface area contributed by atoms with Crippen LogP contribution < -0.4 is 10.6 Å². The molecular formula is C32H39N3O2. The third-order valence-corrected chi connectivity index (χ3v) is 7.08. The minimum atomic E-state index is -0.558. The van der Waals surface area contributed by atoms with Crippen LogP contribution in [0.5, 0.6) is 0 Å². The first-order chi connectivity index (χ1) is 18.2. The molecule has 37 heavy (non-hydrogen) atoms. The SMILES string of the molecule is O=C(N[C@@H](CCCN1CCCCC1)C(=O)NCCCc1ccccc1)c1ccccc1-c1ccccc1. The molecule has 4 rings (SSSR count). The summed E-state index contributed by atoms with van der Waals surface area (Å²) in [4.78, 5) is 29.1. The topological polar surface area (TPSA) is 61.4 Å². The molecule has 194 valence electrons. The van der Waals surface area contributed by atoms with Gasteiger partial charge in [-0.25, -0.2) is 0 Å². The molecule has 0 aliphatic carbocycles. The molecule has 3 aromatic carbocycles. The zero-order valence-electron chi connectivity index (χ0n) is 21.7. The van der Waals surface area contributed by atoms with E-state index in [1.165, 1.54) is 24.8 Å². The number of nitrogens with one attached hydrogen (secondary N) is 2. The third-order valence-electron chi connectivity index (χ3n) is 7.08. The number of piperidine rings is 1. The normalized spacial score (nSPS) is 14.6. The first-order valence-corrected chi connectivity index (χ1v) is 13.7. The van der Waals surface area contributed by atoms with E-state index >= 15 is 0 Å². The number of rotatable bonds is 12. The summed E-state index contributed by atoms with van der Waals surface area (Å²) in [6.45, 7) is 3.82. The first kappa shape index (κ1) is 26.6. The van der Waals surface area contributed by atoms with Crippen molar-refractivity contribution in [2.24, 2.45) is 0 Å². The van der Waals surface area contributed by atoms with Crippen molar-refractivity contribution in [2.45, 2.75) is 51.0 Å². The molecule has 0 bridgehead atoms. The summed E-state index contributed by atoms with van der Waals surface area (Å²) < 4.78 is 0. The van der Waals surface area contributed by atoms with Crippen LogP contribution in [0.4, 0.5) is 0 Å². The van der Waals surface area contributed by atoms with Crippen molar-refractivity contribution in [1.29, 1.82) is 0 Å². The van der Waals surface area contributed by atoms with E-state index < -0.39 is 6.04 Å². The summed E-state index contributed by atoms with van der Waals surface area (Å²) in [6, 6.07) is 27.2. The molecule has 2 amide bonds. The van der Waals surface area contributed by atoms with E-state index in [1.807, 2.05) is 72.8 Å². The van der Waals surface area contributed by atoms with Gasteiger partial charge in [0, 0.05) is 12.1 Å². The Morgan fingerprint density at radius 2 is 1.46 bits per heavy atom. The molecule has 0 radical (unpaired) electrons. The first-order valence-electron chi connectivity index (χ1n) is 13.7. The van der Waals surface area contributed by atoms with Gasteiger partial charge in [0.1, 0.15) is 6.04 Å². The van der Waals surface area contributed by atoms with E-state index in [1.54, 1.807) is 0 Å². The zero-order valence-corrected chi connectivity index (χ0v) is 21.7. The Labute approximate surface area is 221 Å². The second-order valence-electron chi connectivity index (χ2n) is 9.86. The molecule has 1 aliphatic heterocycles. The summed E-state index contributed by atoms with van der Waals surface area (Å²) in [5.41, 5.74) is 3.71. The molecule has 3 aromatic rings. The second kappa shape index (κ2) is 14.3. The molecule has 0 unspecified atom stereocenters. The van der Waals surface area contributed by atoms with Crippen LogP contribution in [0.2, 0.25) is 0 Å². The molecule has 1 heterocycles. The van der Waals surface area contributed by atoms with Crippen molar-refractivity contribution >= 4 is 11.8 Å². The highest BCUT2D eigenvalue weighted by Gasteiger charge is 2.23. The van der Waals surface area contributed by atoms with Gasteiger partial charge in [-0.05, 0) is 80.9 Å². The average Bonchev–Trinajstić information content (AvgIpc) is 2.96. The summed E-state index contributed by atoms with van der Waals surface area (Å²) in [6.07, 6.45) is 7.08. The van der Waals surface area contributed by atoms with E-state index in [9.17, 15) is 9.59 Å². The molecule has 0 spiro atoms. The maximum atomic E-state index is 13.4. The number of likely N-dealkylation sites (tertiary alicyclic amines) is 1. The average molecular weight is 498 g/mol.